The highest BCUT2D eigenvalue weighted by molar-refractivity contribution is 7.47. The summed E-state index contributed by atoms with van der Waals surface area (Å²) in [6.45, 7) is 4.78. The Hall–Kier alpha value is -2.06. The Morgan fingerprint density at radius 3 is 1.26 bits per heavy atom. The average Bonchev–Trinajstić information content (AvgIpc) is 3.32. The lowest BCUT2D eigenvalue weighted by Gasteiger charge is -2.26. The number of nitrogens with one attached hydrogen (secondary N) is 1. The quantitative estimate of drug-likeness (QED) is 0.0243. The second-order valence-electron chi connectivity index (χ2n) is 21.0. The van der Waals surface area contributed by atoms with Gasteiger partial charge in [0, 0.05) is 6.42 Å². The number of aliphatic hydroxyl groups excluding tert-OH is 1. The smallest absolute Gasteiger partial charge is 0.391 e. The Bertz CT molecular complexity index is 1370. The Morgan fingerprint density at radius 2 is 0.857 bits per heavy atom. The maximum absolute atomic E-state index is 13.0. The number of phosphoric acid groups is 1. The first-order chi connectivity index (χ1) is 34.0. The number of quaternary nitrogens is 1. The van der Waals surface area contributed by atoms with Crippen molar-refractivity contribution >= 4 is 13.7 Å². The molecular formula is C61H114N2O6P+. The fourth-order valence-electron chi connectivity index (χ4n) is 8.40. The van der Waals surface area contributed by atoms with E-state index >= 15 is 0 Å². The van der Waals surface area contributed by atoms with Crippen molar-refractivity contribution in [2.75, 3.05) is 40.9 Å². The molecule has 3 unspecified atom stereocenters. The molecule has 0 spiro atoms. The zero-order valence-corrected chi connectivity index (χ0v) is 47.4. The molecule has 0 aliphatic carbocycles. The molecule has 0 saturated carbocycles. The number of carbonyl (C=O) groups excluding carboxylic acids is 1. The summed E-state index contributed by atoms with van der Waals surface area (Å²) in [6.07, 6.45) is 71.0. The minimum Gasteiger partial charge on any atom is -0.391 e. The van der Waals surface area contributed by atoms with Gasteiger partial charge in [-0.25, -0.2) is 4.57 Å². The average molecular weight is 1000 g/mol. The summed E-state index contributed by atoms with van der Waals surface area (Å²) in [6, 6.07) is -0.774. The third kappa shape index (κ3) is 53.7. The van der Waals surface area contributed by atoms with E-state index in [4.69, 9.17) is 9.05 Å². The third-order valence-corrected chi connectivity index (χ3v) is 14.0. The fraction of sp³-hybridized carbons (Fsp3) is 0.787. The molecule has 3 N–H and O–H groups in total. The van der Waals surface area contributed by atoms with Crippen LogP contribution >= 0.6 is 7.82 Å². The first-order valence-corrected chi connectivity index (χ1v) is 30.8. The molecule has 0 aromatic rings. The molecule has 408 valence electrons. The molecule has 0 fully saturated rings. The van der Waals surface area contributed by atoms with Crippen molar-refractivity contribution in [1.82, 2.24) is 5.32 Å². The summed E-state index contributed by atoms with van der Waals surface area (Å²) >= 11 is 0. The normalized spacial score (nSPS) is 14.4. The summed E-state index contributed by atoms with van der Waals surface area (Å²) in [4.78, 5) is 23.4. The lowest BCUT2D eigenvalue weighted by Crippen LogP contribution is -2.46. The van der Waals surface area contributed by atoms with Crippen LogP contribution < -0.4 is 5.32 Å². The predicted molar refractivity (Wildman–Crippen MR) is 304 cm³/mol. The lowest BCUT2D eigenvalue weighted by atomic mass is 10.0. The molecule has 0 rings (SSSR count). The number of amides is 1. The van der Waals surface area contributed by atoms with E-state index < -0.39 is 20.0 Å². The maximum Gasteiger partial charge on any atom is 0.472 e. The van der Waals surface area contributed by atoms with Crippen LogP contribution in [0, 0.1) is 0 Å². The summed E-state index contributed by atoms with van der Waals surface area (Å²) in [5.74, 6) is -0.159. The number of likely N-dealkylation sites (N-methyl/N-ethyl adjacent to an activating group) is 1. The summed E-state index contributed by atoms with van der Waals surface area (Å²) < 4.78 is 23.8. The number of hydrogen-bond donors (Lipinski definition) is 3. The maximum atomic E-state index is 13.0. The highest BCUT2D eigenvalue weighted by atomic mass is 31.2. The molecule has 0 aliphatic rings. The monoisotopic (exact) mass is 1000 g/mol. The highest BCUT2D eigenvalue weighted by Gasteiger charge is 2.28. The van der Waals surface area contributed by atoms with Crippen LogP contribution in [-0.2, 0) is 18.4 Å². The summed E-state index contributed by atoms with van der Waals surface area (Å²) in [7, 11) is 1.60. The molecule has 70 heavy (non-hydrogen) atoms. The van der Waals surface area contributed by atoms with Crippen LogP contribution in [0.4, 0.5) is 0 Å². The minimum absolute atomic E-state index is 0.0683. The van der Waals surface area contributed by atoms with Gasteiger partial charge in [-0.1, -0.05) is 260 Å². The van der Waals surface area contributed by atoms with E-state index in [9.17, 15) is 19.4 Å². The summed E-state index contributed by atoms with van der Waals surface area (Å²) in [5.41, 5.74) is 0. The second-order valence-corrected chi connectivity index (χ2v) is 22.4. The van der Waals surface area contributed by atoms with E-state index in [1.807, 2.05) is 21.1 Å². The van der Waals surface area contributed by atoms with Crippen LogP contribution in [0.2, 0.25) is 0 Å². The number of nitrogens with zero attached hydrogens (tertiary/aromatic N) is 1. The van der Waals surface area contributed by atoms with E-state index in [1.54, 1.807) is 0 Å². The zero-order chi connectivity index (χ0) is 51.3. The van der Waals surface area contributed by atoms with E-state index in [-0.39, 0.29) is 19.1 Å². The third-order valence-electron chi connectivity index (χ3n) is 13.0. The number of hydrogen-bond acceptors (Lipinski definition) is 5. The second kappa shape index (κ2) is 51.8. The predicted octanol–water partition coefficient (Wildman–Crippen LogP) is 17.9. The topological polar surface area (TPSA) is 105 Å². The van der Waals surface area contributed by atoms with Crippen LogP contribution in [0.3, 0.4) is 0 Å². The van der Waals surface area contributed by atoms with Gasteiger partial charge < -0.3 is 19.8 Å². The van der Waals surface area contributed by atoms with Gasteiger partial charge in [-0.3, -0.25) is 13.8 Å². The molecule has 8 nitrogen and oxygen atoms in total. The van der Waals surface area contributed by atoms with Crippen LogP contribution in [0.5, 0.6) is 0 Å². The van der Waals surface area contributed by atoms with Crippen molar-refractivity contribution in [3.05, 3.63) is 72.9 Å². The largest absolute Gasteiger partial charge is 0.472 e. The van der Waals surface area contributed by atoms with Gasteiger partial charge in [0.05, 0.1) is 39.9 Å². The van der Waals surface area contributed by atoms with Gasteiger partial charge in [-0.05, 0) is 64.2 Å². The molecule has 9 heteroatoms. The van der Waals surface area contributed by atoms with Gasteiger partial charge in [0.1, 0.15) is 13.2 Å². The van der Waals surface area contributed by atoms with Gasteiger partial charge in [0.25, 0.3) is 0 Å². The molecule has 0 saturated heterocycles. The highest BCUT2D eigenvalue weighted by Crippen LogP contribution is 2.43. The Kier molecular flexibility index (Phi) is 50.3. The first-order valence-electron chi connectivity index (χ1n) is 29.3. The number of carbonyl (C=O) groups is 1. The van der Waals surface area contributed by atoms with Gasteiger partial charge in [-0.2, -0.15) is 0 Å². The van der Waals surface area contributed by atoms with Crippen LogP contribution in [0.1, 0.15) is 258 Å². The van der Waals surface area contributed by atoms with Crippen LogP contribution in [0.15, 0.2) is 72.9 Å². The fourth-order valence-corrected chi connectivity index (χ4v) is 9.14. The van der Waals surface area contributed by atoms with Crippen LogP contribution in [0.25, 0.3) is 0 Å². The number of unbranched alkanes of at least 4 members (excludes halogenated alkanes) is 28. The minimum atomic E-state index is -4.33. The molecule has 0 aromatic carbocycles. The van der Waals surface area contributed by atoms with Crippen molar-refractivity contribution in [2.45, 2.75) is 270 Å². The standard InChI is InChI=1S/C61H113N2O6P/c1-6-8-10-12-14-16-18-20-22-24-26-28-30-31-33-35-37-39-41-43-45-47-49-51-53-55-61(65)62-59(58-69-70(66,67)68-57-56-63(3,4)5)60(64)54-52-50-48-46-44-42-40-38-36-34-32-29-27-25-23-21-19-17-15-13-11-9-7-2/h8,10,14,16,20,22,26,28,31,33,37,39,59-60,64H,6-7,9,11-13,15,17-19,21,23-25,27,29-30,32,34-36,38,40-58H2,1-5H3,(H-,62,65,66,67)/p+1/b10-8-,16-14-,22-20-,28-26-,33-31-,39-37-. The zero-order valence-electron chi connectivity index (χ0n) is 46.5. The van der Waals surface area contributed by atoms with Crippen LogP contribution in [-0.4, -0.2) is 73.4 Å². The summed E-state index contributed by atoms with van der Waals surface area (Å²) in [5, 5.41) is 14.1. The molecule has 0 aliphatic heterocycles. The Morgan fingerprint density at radius 1 is 0.500 bits per heavy atom. The Balaban J connectivity index is 4.23. The molecule has 0 bridgehead atoms. The SMILES string of the molecule is CC/C=C\C/C=C\C/C=C\C/C=C\C/C=C\C/C=C\CCCCCCCCC(=O)NC(COP(=O)(O)OCC[N+](C)(C)C)C(O)CCCCCCCCCCCCCCCCCCCCCCCCC. The van der Waals surface area contributed by atoms with Crippen molar-refractivity contribution in [2.24, 2.45) is 0 Å². The van der Waals surface area contributed by atoms with Gasteiger partial charge in [0.15, 0.2) is 0 Å². The molecule has 0 heterocycles. The molecule has 3 atom stereocenters. The number of rotatable bonds is 53. The molecule has 1 amide bonds. The molecule has 0 aromatic heterocycles. The van der Waals surface area contributed by atoms with Crippen molar-refractivity contribution < 1.29 is 32.9 Å². The molecule has 0 radical (unpaired) electrons. The van der Waals surface area contributed by atoms with Gasteiger partial charge in [-0.15, -0.1) is 0 Å². The van der Waals surface area contributed by atoms with E-state index in [0.717, 1.165) is 89.9 Å². The first kappa shape index (κ1) is 67.9. The van der Waals surface area contributed by atoms with Crippen molar-refractivity contribution in [1.29, 1.82) is 0 Å². The van der Waals surface area contributed by atoms with E-state index in [0.29, 0.717) is 23.9 Å². The van der Waals surface area contributed by atoms with Gasteiger partial charge >= 0.3 is 7.82 Å². The van der Waals surface area contributed by atoms with Crippen molar-refractivity contribution in [3.63, 3.8) is 0 Å². The van der Waals surface area contributed by atoms with Gasteiger partial charge in [0.2, 0.25) is 5.91 Å². The van der Waals surface area contributed by atoms with Crippen molar-refractivity contribution in [3.8, 4) is 0 Å². The number of phosphoric ester groups is 1. The van der Waals surface area contributed by atoms with E-state index in [1.165, 1.54) is 141 Å². The number of allylic oxidation sites excluding steroid dienone is 12. The van der Waals surface area contributed by atoms with E-state index in [2.05, 4.69) is 92.1 Å². The molecular weight excluding hydrogens is 888 g/mol. The Labute approximate surface area is 434 Å². The lowest BCUT2D eigenvalue weighted by molar-refractivity contribution is -0.870. The number of aliphatic hydroxyl groups is 1.